The third-order valence-corrected chi connectivity index (χ3v) is 10.1. The number of hydrogen-bond acceptors (Lipinski definition) is 4. The monoisotopic (exact) mass is 410 g/mol. The molecule has 0 fully saturated rings. The smallest absolute Gasteiger partial charge is 0.373 e. The van der Waals surface area contributed by atoms with Crippen LogP contribution >= 0.6 is 0 Å². The van der Waals surface area contributed by atoms with Crippen molar-refractivity contribution < 1.29 is 18.7 Å². The maximum Gasteiger partial charge on any atom is 0.373 e. The minimum absolute atomic E-state index is 0.134. The zero-order valence-electron chi connectivity index (χ0n) is 17.8. The second-order valence-electron chi connectivity index (χ2n) is 8.62. The topological polar surface area (TPSA) is 44.8 Å². The van der Waals surface area contributed by atoms with E-state index in [2.05, 4.69) is 69.3 Å². The van der Waals surface area contributed by atoms with E-state index in [4.69, 9.17) is 13.9 Å². The first kappa shape index (κ1) is 21.3. The molecule has 0 saturated heterocycles. The van der Waals surface area contributed by atoms with Crippen molar-refractivity contribution in [3.05, 3.63) is 72.5 Å². The molecule has 5 heteroatoms. The molecular weight excluding hydrogens is 380 g/mol. The van der Waals surface area contributed by atoms with E-state index in [9.17, 15) is 4.79 Å². The molecule has 0 unspecified atom stereocenters. The van der Waals surface area contributed by atoms with Crippen molar-refractivity contribution in [2.24, 2.45) is 0 Å². The Kier molecular flexibility index (Phi) is 6.29. The highest BCUT2D eigenvalue weighted by molar-refractivity contribution is 6.99. The molecule has 0 N–H and O–H groups in total. The molecule has 0 aliphatic carbocycles. The number of benzene rings is 2. The fraction of sp³-hybridized carbons (Fsp3) is 0.375. The summed E-state index contributed by atoms with van der Waals surface area (Å²) >= 11 is 0. The maximum absolute atomic E-state index is 12.2. The highest BCUT2D eigenvalue weighted by Crippen LogP contribution is 2.38. The van der Waals surface area contributed by atoms with Gasteiger partial charge in [-0.15, -0.1) is 0 Å². The zero-order valence-corrected chi connectivity index (χ0v) is 18.8. The Morgan fingerprint density at radius 2 is 1.52 bits per heavy atom. The van der Waals surface area contributed by atoms with Crippen molar-refractivity contribution in [2.75, 3.05) is 6.61 Å². The Bertz CT molecular complexity index is 814. The van der Waals surface area contributed by atoms with Crippen LogP contribution in [0.2, 0.25) is 5.04 Å². The highest BCUT2D eigenvalue weighted by Gasteiger charge is 2.51. The van der Waals surface area contributed by atoms with Crippen molar-refractivity contribution in [1.29, 1.82) is 0 Å². The van der Waals surface area contributed by atoms with Crippen LogP contribution in [0, 0.1) is 0 Å². The molecule has 0 saturated carbocycles. The minimum Gasteiger partial charge on any atom is -0.484 e. The number of esters is 1. The fourth-order valence-electron chi connectivity index (χ4n) is 3.82. The van der Waals surface area contributed by atoms with Gasteiger partial charge in [0.1, 0.15) is 12.7 Å². The second-order valence-corrected chi connectivity index (χ2v) is 12.9. The Balaban J connectivity index is 2.03. The lowest BCUT2D eigenvalue weighted by atomic mass is 10.2. The van der Waals surface area contributed by atoms with Gasteiger partial charge in [-0.25, -0.2) is 4.79 Å². The Hall–Kier alpha value is -2.37. The summed E-state index contributed by atoms with van der Waals surface area (Å²) in [4.78, 5) is 12.2. The van der Waals surface area contributed by atoms with Gasteiger partial charge in [-0.2, -0.15) is 0 Å². The van der Waals surface area contributed by atoms with Gasteiger partial charge in [-0.1, -0.05) is 81.4 Å². The lowest BCUT2D eigenvalue weighted by Crippen LogP contribution is -2.67. The average molecular weight is 411 g/mol. The summed E-state index contributed by atoms with van der Waals surface area (Å²) in [5.74, 6) is -0.199. The first-order valence-corrected chi connectivity index (χ1v) is 12.0. The molecule has 0 amide bonds. The van der Waals surface area contributed by atoms with Gasteiger partial charge in [-0.3, -0.25) is 0 Å². The molecule has 1 atom stereocenters. The van der Waals surface area contributed by atoms with E-state index in [1.54, 1.807) is 6.08 Å². The van der Waals surface area contributed by atoms with Crippen LogP contribution in [0.5, 0.6) is 0 Å². The van der Waals surface area contributed by atoms with Crippen LogP contribution in [0.25, 0.3) is 0 Å². The van der Waals surface area contributed by atoms with Crippen molar-refractivity contribution >= 4 is 24.7 Å². The summed E-state index contributed by atoms with van der Waals surface area (Å²) in [6, 6.07) is 20.9. The van der Waals surface area contributed by atoms with Crippen LogP contribution in [0.3, 0.4) is 0 Å². The number of carbonyl (C=O) groups excluding carboxylic acids is 1. The molecule has 0 bridgehead atoms. The normalized spacial score (nSPS) is 17.0. The molecule has 0 spiro atoms. The van der Waals surface area contributed by atoms with Crippen molar-refractivity contribution in [3.8, 4) is 0 Å². The average Bonchev–Trinajstić information content (AvgIpc) is 3.15. The van der Waals surface area contributed by atoms with Crippen molar-refractivity contribution in [3.63, 3.8) is 0 Å². The third kappa shape index (κ3) is 4.46. The molecule has 29 heavy (non-hydrogen) atoms. The van der Waals surface area contributed by atoms with E-state index in [-0.39, 0.29) is 23.0 Å². The van der Waals surface area contributed by atoms with E-state index in [1.807, 2.05) is 26.0 Å². The zero-order chi connectivity index (χ0) is 21.1. The van der Waals surface area contributed by atoms with E-state index in [1.165, 1.54) is 10.4 Å². The van der Waals surface area contributed by atoms with Gasteiger partial charge in [0, 0.05) is 0 Å². The van der Waals surface area contributed by atoms with E-state index in [0.717, 1.165) is 0 Å². The first-order valence-electron chi connectivity index (χ1n) is 10.1. The Labute approximate surface area is 174 Å². The molecule has 3 rings (SSSR count). The maximum atomic E-state index is 12.2. The minimum atomic E-state index is -2.69. The molecule has 1 aliphatic rings. The van der Waals surface area contributed by atoms with Crippen LogP contribution in [-0.2, 0) is 18.7 Å². The van der Waals surface area contributed by atoms with Crippen LogP contribution in [0.1, 0.15) is 34.6 Å². The predicted octanol–water partition coefficient (Wildman–Crippen LogP) is 3.80. The molecule has 2 aromatic rings. The molecule has 154 valence electrons. The third-order valence-electron chi connectivity index (χ3n) is 5.03. The standard InChI is InChI=1S/C24H30O4Si/c1-18(2)27-23(25)22-16-19(17-26-22)28-29(24(3,4)5,20-12-8-6-9-13-20)21-14-10-7-11-15-21/h6-16,18-19H,17H2,1-5H3/t19-/m1/s1. The summed E-state index contributed by atoms with van der Waals surface area (Å²) in [7, 11) is -2.69. The number of hydrogen-bond donors (Lipinski definition) is 0. The van der Waals surface area contributed by atoms with Gasteiger partial charge in [-0.05, 0) is 35.3 Å². The largest absolute Gasteiger partial charge is 0.484 e. The first-order chi connectivity index (χ1) is 13.7. The van der Waals surface area contributed by atoms with Gasteiger partial charge in [0.2, 0.25) is 5.76 Å². The molecule has 0 radical (unpaired) electrons. The summed E-state index contributed by atoms with van der Waals surface area (Å²) in [6.07, 6.45) is 1.27. The molecule has 0 aromatic heterocycles. The summed E-state index contributed by atoms with van der Waals surface area (Å²) in [6.45, 7) is 10.6. The molecular formula is C24H30O4Si. The van der Waals surface area contributed by atoms with Gasteiger partial charge >= 0.3 is 5.97 Å². The van der Waals surface area contributed by atoms with Crippen LogP contribution < -0.4 is 10.4 Å². The molecule has 2 aromatic carbocycles. The van der Waals surface area contributed by atoms with E-state index >= 15 is 0 Å². The second kappa shape index (κ2) is 8.55. The van der Waals surface area contributed by atoms with E-state index < -0.39 is 14.3 Å². The van der Waals surface area contributed by atoms with E-state index in [0.29, 0.717) is 6.61 Å². The van der Waals surface area contributed by atoms with Gasteiger partial charge in [0.25, 0.3) is 8.32 Å². The van der Waals surface area contributed by atoms with Crippen LogP contribution in [-0.4, -0.2) is 33.1 Å². The SMILES string of the molecule is CC(C)OC(=O)C1=C[C@@H](O[Si](c2ccccc2)(c2ccccc2)C(C)(C)C)CO1. The van der Waals surface area contributed by atoms with Crippen LogP contribution in [0.4, 0.5) is 0 Å². The number of ether oxygens (including phenoxy) is 2. The molecule has 1 heterocycles. The highest BCUT2D eigenvalue weighted by atomic mass is 28.4. The fourth-order valence-corrected chi connectivity index (χ4v) is 8.43. The van der Waals surface area contributed by atoms with Gasteiger partial charge < -0.3 is 13.9 Å². The lowest BCUT2D eigenvalue weighted by molar-refractivity contribution is -0.146. The Morgan fingerprint density at radius 3 is 1.97 bits per heavy atom. The Morgan fingerprint density at radius 1 is 1.00 bits per heavy atom. The summed E-state index contributed by atoms with van der Waals surface area (Å²) < 4.78 is 17.9. The number of rotatable bonds is 6. The predicted molar refractivity (Wildman–Crippen MR) is 118 cm³/mol. The quantitative estimate of drug-likeness (QED) is 0.537. The molecule has 4 nitrogen and oxygen atoms in total. The summed E-state index contributed by atoms with van der Waals surface area (Å²) in [5, 5.41) is 2.26. The van der Waals surface area contributed by atoms with Crippen LogP contribution in [0.15, 0.2) is 72.5 Å². The van der Waals surface area contributed by atoms with Crippen molar-refractivity contribution in [2.45, 2.75) is 51.9 Å². The lowest BCUT2D eigenvalue weighted by Gasteiger charge is -2.44. The number of carbonyl (C=O) groups is 1. The van der Waals surface area contributed by atoms with Gasteiger partial charge in [0.15, 0.2) is 0 Å². The van der Waals surface area contributed by atoms with Gasteiger partial charge in [0.05, 0.1) is 6.10 Å². The summed E-state index contributed by atoms with van der Waals surface area (Å²) in [5.41, 5.74) is 0. The van der Waals surface area contributed by atoms with Crippen molar-refractivity contribution in [1.82, 2.24) is 0 Å². The molecule has 1 aliphatic heterocycles.